The highest BCUT2D eigenvalue weighted by atomic mass is 32.1. The molecule has 0 spiro atoms. The molecule has 16 heavy (non-hydrogen) atoms. The lowest BCUT2D eigenvalue weighted by Gasteiger charge is -2.46. The highest BCUT2D eigenvalue weighted by Gasteiger charge is 2.69. The van der Waals surface area contributed by atoms with E-state index in [2.05, 4.69) is 13.0 Å². The van der Waals surface area contributed by atoms with Crippen molar-refractivity contribution in [2.45, 2.75) is 25.2 Å². The van der Waals surface area contributed by atoms with E-state index in [4.69, 9.17) is 4.74 Å². The van der Waals surface area contributed by atoms with Crippen LogP contribution in [0.5, 0.6) is 0 Å². The average molecular weight is 238 g/mol. The van der Waals surface area contributed by atoms with Gasteiger partial charge in [-0.1, -0.05) is 0 Å². The number of hydrogen-bond acceptors (Lipinski definition) is 3. The quantitative estimate of drug-likeness (QED) is 0.878. The van der Waals surface area contributed by atoms with Crippen molar-refractivity contribution >= 4 is 17.3 Å². The fourth-order valence-electron chi connectivity index (χ4n) is 2.82. The maximum atomic E-state index is 11.5. The van der Waals surface area contributed by atoms with Gasteiger partial charge in [-0.2, -0.15) is 0 Å². The second-order valence-electron chi connectivity index (χ2n) is 4.89. The average Bonchev–Trinajstić information content (AvgIpc) is 2.86. The van der Waals surface area contributed by atoms with Gasteiger partial charge in [-0.15, -0.1) is 11.3 Å². The minimum Gasteiger partial charge on any atom is -0.481 e. The Kier molecular flexibility index (Phi) is 1.98. The molecule has 0 unspecified atom stereocenters. The van der Waals surface area contributed by atoms with Gasteiger partial charge in [0.15, 0.2) is 0 Å². The molecule has 0 radical (unpaired) electrons. The lowest BCUT2D eigenvalue weighted by molar-refractivity contribution is -0.161. The van der Waals surface area contributed by atoms with Gasteiger partial charge in [0.05, 0.1) is 24.0 Å². The maximum absolute atomic E-state index is 11.5. The molecule has 0 amide bonds. The Hall–Kier alpha value is -0.870. The molecule has 1 aliphatic carbocycles. The van der Waals surface area contributed by atoms with Gasteiger partial charge >= 0.3 is 5.97 Å². The molecule has 1 saturated heterocycles. The third-order valence-corrected chi connectivity index (χ3v) is 5.29. The highest BCUT2D eigenvalue weighted by molar-refractivity contribution is 7.10. The summed E-state index contributed by atoms with van der Waals surface area (Å²) >= 11 is 1.67. The van der Waals surface area contributed by atoms with Gasteiger partial charge in [0.1, 0.15) is 0 Å². The summed E-state index contributed by atoms with van der Waals surface area (Å²) in [5, 5.41) is 11.5. The molecule has 1 saturated carbocycles. The van der Waals surface area contributed by atoms with E-state index in [9.17, 15) is 9.90 Å². The van der Waals surface area contributed by atoms with Crippen molar-refractivity contribution in [2.75, 3.05) is 13.2 Å². The molecule has 1 aromatic heterocycles. The first-order valence-corrected chi connectivity index (χ1v) is 6.36. The first kappa shape index (κ1) is 10.3. The third-order valence-electron chi connectivity index (χ3n) is 4.07. The number of carboxylic acids is 1. The number of aliphatic carboxylic acids is 1. The molecular weight excluding hydrogens is 224 g/mol. The van der Waals surface area contributed by atoms with Gasteiger partial charge in [0, 0.05) is 4.88 Å². The first-order chi connectivity index (χ1) is 7.62. The van der Waals surface area contributed by atoms with Gasteiger partial charge in [0.2, 0.25) is 0 Å². The molecule has 0 bridgehead atoms. The zero-order chi connectivity index (χ0) is 11.4. The van der Waals surface area contributed by atoms with Crippen LogP contribution in [0.15, 0.2) is 11.4 Å². The Morgan fingerprint density at radius 3 is 2.50 bits per heavy atom. The van der Waals surface area contributed by atoms with Gasteiger partial charge in [-0.05, 0) is 36.8 Å². The second-order valence-corrected chi connectivity index (χ2v) is 5.81. The predicted molar refractivity (Wildman–Crippen MR) is 60.9 cm³/mol. The Morgan fingerprint density at radius 2 is 2.19 bits per heavy atom. The summed E-state index contributed by atoms with van der Waals surface area (Å²) in [7, 11) is 0. The summed E-state index contributed by atoms with van der Waals surface area (Å²) in [4.78, 5) is 12.7. The molecule has 1 aliphatic heterocycles. The van der Waals surface area contributed by atoms with Crippen LogP contribution in [0.4, 0.5) is 0 Å². The molecule has 86 valence electrons. The van der Waals surface area contributed by atoms with Gasteiger partial charge in [-0.25, -0.2) is 0 Å². The number of carboxylic acid groups (broad SMARTS) is 1. The lowest BCUT2D eigenvalue weighted by Crippen LogP contribution is -2.56. The SMILES string of the molecule is Cc1ccsc1C1(C2(C(=O)O)CC2)COC1. The van der Waals surface area contributed by atoms with E-state index in [1.54, 1.807) is 11.3 Å². The standard InChI is InChI=1S/C12H14O3S/c1-8-2-5-16-9(8)12(6-15-7-12)11(3-4-11)10(13)14/h2,5H,3-4,6-7H2,1H3,(H,13,14). The summed E-state index contributed by atoms with van der Waals surface area (Å²) in [6.07, 6.45) is 1.59. The van der Waals surface area contributed by atoms with Crippen molar-refractivity contribution in [3.8, 4) is 0 Å². The van der Waals surface area contributed by atoms with Gasteiger partial charge < -0.3 is 9.84 Å². The molecule has 3 rings (SSSR count). The maximum Gasteiger partial charge on any atom is 0.310 e. The topological polar surface area (TPSA) is 46.5 Å². The third kappa shape index (κ3) is 1.04. The fourth-order valence-corrected chi connectivity index (χ4v) is 4.02. The number of ether oxygens (including phenoxy) is 1. The normalized spacial score (nSPS) is 24.8. The van der Waals surface area contributed by atoms with Crippen molar-refractivity contribution < 1.29 is 14.6 Å². The Bertz CT molecular complexity index is 441. The second kappa shape index (κ2) is 3.08. The molecule has 4 heteroatoms. The van der Waals surface area contributed by atoms with Crippen molar-refractivity contribution in [1.29, 1.82) is 0 Å². The van der Waals surface area contributed by atoms with E-state index in [1.165, 1.54) is 10.4 Å². The lowest BCUT2D eigenvalue weighted by atomic mass is 9.68. The molecule has 2 heterocycles. The molecular formula is C12H14O3S. The largest absolute Gasteiger partial charge is 0.481 e. The van der Waals surface area contributed by atoms with Crippen LogP contribution in [0.25, 0.3) is 0 Å². The van der Waals surface area contributed by atoms with Crippen LogP contribution in [0.2, 0.25) is 0 Å². The Balaban J connectivity index is 2.08. The number of rotatable bonds is 3. The van der Waals surface area contributed by atoms with Crippen molar-refractivity contribution in [3.63, 3.8) is 0 Å². The van der Waals surface area contributed by atoms with E-state index >= 15 is 0 Å². The number of hydrogen-bond donors (Lipinski definition) is 1. The monoisotopic (exact) mass is 238 g/mol. The molecule has 2 aliphatic rings. The van der Waals surface area contributed by atoms with Crippen LogP contribution < -0.4 is 0 Å². The molecule has 2 fully saturated rings. The molecule has 3 nitrogen and oxygen atoms in total. The van der Waals surface area contributed by atoms with Crippen LogP contribution >= 0.6 is 11.3 Å². The van der Waals surface area contributed by atoms with Crippen LogP contribution in [-0.2, 0) is 14.9 Å². The Morgan fingerprint density at radius 1 is 1.50 bits per heavy atom. The van der Waals surface area contributed by atoms with Gasteiger partial charge in [-0.3, -0.25) is 4.79 Å². The Labute approximate surface area is 98.0 Å². The van der Waals surface area contributed by atoms with Crippen LogP contribution in [0.1, 0.15) is 23.3 Å². The fraction of sp³-hybridized carbons (Fsp3) is 0.583. The summed E-state index contributed by atoms with van der Waals surface area (Å²) < 4.78 is 5.34. The summed E-state index contributed by atoms with van der Waals surface area (Å²) in [5.41, 5.74) is 0.429. The minimum absolute atomic E-state index is 0.239. The summed E-state index contributed by atoms with van der Waals surface area (Å²) in [5.74, 6) is -0.649. The van der Waals surface area contributed by atoms with Crippen molar-refractivity contribution in [3.05, 3.63) is 21.9 Å². The molecule has 1 N–H and O–H groups in total. The molecule has 0 aromatic carbocycles. The van der Waals surface area contributed by atoms with E-state index in [1.807, 2.05) is 5.38 Å². The first-order valence-electron chi connectivity index (χ1n) is 5.48. The molecule has 0 atom stereocenters. The zero-order valence-corrected chi connectivity index (χ0v) is 9.97. The highest BCUT2D eigenvalue weighted by Crippen LogP contribution is 2.63. The van der Waals surface area contributed by atoms with E-state index in [-0.39, 0.29) is 5.41 Å². The zero-order valence-electron chi connectivity index (χ0n) is 9.16. The summed E-state index contributed by atoms with van der Waals surface area (Å²) in [6.45, 7) is 3.20. The van der Waals surface area contributed by atoms with Crippen molar-refractivity contribution in [2.24, 2.45) is 5.41 Å². The number of thiophene rings is 1. The number of aryl methyl sites for hydroxylation is 1. The van der Waals surface area contributed by atoms with Gasteiger partial charge in [0.25, 0.3) is 0 Å². The van der Waals surface area contributed by atoms with E-state index in [0.29, 0.717) is 13.2 Å². The number of carbonyl (C=O) groups is 1. The smallest absolute Gasteiger partial charge is 0.310 e. The summed E-state index contributed by atoms with van der Waals surface area (Å²) in [6, 6.07) is 2.07. The predicted octanol–water partition coefficient (Wildman–Crippen LogP) is 2.19. The molecule has 1 aromatic rings. The van der Waals surface area contributed by atoms with Crippen LogP contribution in [0.3, 0.4) is 0 Å². The van der Waals surface area contributed by atoms with E-state index < -0.39 is 11.4 Å². The van der Waals surface area contributed by atoms with Crippen LogP contribution in [0, 0.1) is 12.3 Å². The van der Waals surface area contributed by atoms with E-state index in [0.717, 1.165) is 12.8 Å². The van der Waals surface area contributed by atoms with Crippen molar-refractivity contribution in [1.82, 2.24) is 0 Å². The minimum atomic E-state index is -0.649. The van der Waals surface area contributed by atoms with Crippen LogP contribution in [-0.4, -0.2) is 24.3 Å².